The third kappa shape index (κ3) is 8.09. The maximum Gasteiger partial charge on any atom is 0.305 e. The molecule has 4 aromatic rings. The van der Waals surface area contributed by atoms with Crippen molar-refractivity contribution < 1.29 is 19.5 Å². The summed E-state index contributed by atoms with van der Waals surface area (Å²) in [6.45, 7) is 0.0429. The highest BCUT2D eigenvalue weighted by Crippen LogP contribution is 2.31. The summed E-state index contributed by atoms with van der Waals surface area (Å²) in [6.07, 6.45) is 0.280. The number of anilines is 2. The van der Waals surface area contributed by atoms with Gasteiger partial charge < -0.3 is 21.1 Å². The van der Waals surface area contributed by atoms with E-state index >= 15 is 0 Å². The minimum absolute atomic E-state index is 0.0429. The van der Waals surface area contributed by atoms with Crippen LogP contribution in [-0.4, -0.2) is 35.5 Å². The van der Waals surface area contributed by atoms with Crippen LogP contribution in [0.1, 0.15) is 22.3 Å². The number of amides is 2. The van der Waals surface area contributed by atoms with Gasteiger partial charge in [0.05, 0.1) is 6.42 Å². The molecule has 0 aromatic heterocycles. The summed E-state index contributed by atoms with van der Waals surface area (Å²) in [5.41, 5.74) is 4.40. The molecule has 0 aliphatic heterocycles. The molecule has 0 heterocycles. The first kappa shape index (κ1) is 28.7. The zero-order valence-electron chi connectivity index (χ0n) is 21.4. The van der Waals surface area contributed by atoms with Gasteiger partial charge in [-0.2, -0.15) is 0 Å². The molecule has 2 amide bonds. The van der Waals surface area contributed by atoms with E-state index in [1.807, 2.05) is 60.7 Å². The summed E-state index contributed by atoms with van der Waals surface area (Å²) in [5.74, 6) is -1.57. The van der Waals surface area contributed by atoms with E-state index in [0.717, 1.165) is 16.7 Å². The zero-order valence-corrected chi connectivity index (χ0v) is 22.9. The van der Waals surface area contributed by atoms with Crippen LogP contribution in [0.15, 0.2) is 97.1 Å². The first-order valence-electron chi connectivity index (χ1n) is 12.6. The molecular formula is C31H27Cl2N3O4. The van der Waals surface area contributed by atoms with Crippen LogP contribution in [0.25, 0.3) is 11.1 Å². The van der Waals surface area contributed by atoms with Gasteiger partial charge in [0.2, 0.25) is 5.91 Å². The predicted molar refractivity (Wildman–Crippen MR) is 159 cm³/mol. The van der Waals surface area contributed by atoms with Gasteiger partial charge in [0, 0.05) is 45.5 Å². The summed E-state index contributed by atoms with van der Waals surface area (Å²) < 4.78 is 0. The minimum atomic E-state index is -0.982. The summed E-state index contributed by atoms with van der Waals surface area (Å²) >= 11 is 12.3. The molecule has 4 aromatic carbocycles. The average molecular weight is 576 g/mol. The molecule has 0 aliphatic rings. The van der Waals surface area contributed by atoms with Crippen molar-refractivity contribution in [2.75, 3.05) is 17.2 Å². The molecule has 0 aliphatic carbocycles. The Morgan fingerprint density at radius 3 is 2.12 bits per heavy atom. The number of rotatable bonds is 11. The normalized spacial score (nSPS) is 11.3. The van der Waals surface area contributed by atoms with Gasteiger partial charge in [-0.1, -0.05) is 71.7 Å². The lowest BCUT2D eigenvalue weighted by molar-refractivity contribution is -0.136. The van der Waals surface area contributed by atoms with Crippen LogP contribution in [0.2, 0.25) is 10.0 Å². The average Bonchev–Trinajstić information content (AvgIpc) is 2.94. The molecule has 0 unspecified atom stereocenters. The van der Waals surface area contributed by atoms with Gasteiger partial charge in [0.15, 0.2) is 0 Å². The fraction of sp³-hybridized carbons (Fsp3) is 0.129. The molecule has 0 bridgehead atoms. The van der Waals surface area contributed by atoms with Crippen molar-refractivity contribution in [3.05, 3.63) is 118 Å². The molecule has 7 nitrogen and oxygen atoms in total. The second-order valence-corrected chi connectivity index (χ2v) is 9.90. The largest absolute Gasteiger partial charge is 0.481 e. The van der Waals surface area contributed by atoms with Crippen molar-refractivity contribution in [2.24, 2.45) is 0 Å². The van der Waals surface area contributed by atoms with E-state index in [0.29, 0.717) is 33.4 Å². The number of aliphatic carboxylic acids is 1. The summed E-state index contributed by atoms with van der Waals surface area (Å²) in [4.78, 5) is 36.3. The Hall–Kier alpha value is -4.33. The Labute approximate surface area is 242 Å². The smallest absolute Gasteiger partial charge is 0.305 e. The molecular weight excluding hydrogens is 549 g/mol. The van der Waals surface area contributed by atoms with E-state index in [1.165, 1.54) is 0 Å². The van der Waals surface area contributed by atoms with Gasteiger partial charge in [-0.25, -0.2) is 0 Å². The number of carboxylic acids is 1. The number of carbonyl (C=O) groups excluding carboxylic acids is 2. The van der Waals surface area contributed by atoms with E-state index in [-0.39, 0.29) is 24.8 Å². The van der Waals surface area contributed by atoms with Crippen LogP contribution in [0, 0.1) is 0 Å². The SMILES string of the molecule is O=C(O)CCNC(=O)c1ccc(N[C@@H](Cc2ccccc2)C(=O)Nc2ccc(-c3ccc(Cl)cc3Cl)cc2)cc1. The van der Waals surface area contributed by atoms with E-state index in [4.69, 9.17) is 28.3 Å². The highest BCUT2D eigenvalue weighted by Gasteiger charge is 2.20. The fourth-order valence-electron chi connectivity index (χ4n) is 4.05. The summed E-state index contributed by atoms with van der Waals surface area (Å²) in [5, 5.41) is 18.7. The van der Waals surface area contributed by atoms with Crippen LogP contribution >= 0.6 is 23.2 Å². The second-order valence-electron chi connectivity index (χ2n) is 9.05. The van der Waals surface area contributed by atoms with E-state index < -0.39 is 12.0 Å². The molecule has 40 heavy (non-hydrogen) atoms. The zero-order chi connectivity index (χ0) is 28.5. The van der Waals surface area contributed by atoms with Gasteiger partial charge in [-0.3, -0.25) is 14.4 Å². The van der Waals surface area contributed by atoms with Gasteiger partial charge in [-0.05, 0) is 59.7 Å². The molecule has 0 radical (unpaired) electrons. The Balaban J connectivity index is 1.46. The van der Waals surface area contributed by atoms with Crippen molar-refractivity contribution in [1.82, 2.24) is 5.32 Å². The molecule has 1 atom stereocenters. The lowest BCUT2D eigenvalue weighted by Crippen LogP contribution is -2.36. The van der Waals surface area contributed by atoms with E-state index in [1.54, 1.807) is 36.4 Å². The van der Waals surface area contributed by atoms with Crippen LogP contribution in [0.3, 0.4) is 0 Å². The first-order valence-corrected chi connectivity index (χ1v) is 13.3. The molecule has 4 N–H and O–H groups in total. The topological polar surface area (TPSA) is 108 Å². The quantitative estimate of drug-likeness (QED) is 0.163. The number of carbonyl (C=O) groups is 3. The molecule has 0 saturated heterocycles. The highest BCUT2D eigenvalue weighted by molar-refractivity contribution is 6.36. The van der Waals surface area contributed by atoms with Crippen LogP contribution in [-0.2, 0) is 16.0 Å². The van der Waals surface area contributed by atoms with Crippen LogP contribution < -0.4 is 16.0 Å². The number of nitrogens with one attached hydrogen (secondary N) is 3. The fourth-order valence-corrected chi connectivity index (χ4v) is 4.57. The monoisotopic (exact) mass is 575 g/mol. The van der Waals surface area contributed by atoms with Crippen molar-refractivity contribution in [3.63, 3.8) is 0 Å². The van der Waals surface area contributed by atoms with Gasteiger partial charge in [0.1, 0.15) is 6.04 Å². The maximum absolute atomic E-state index is 13.4. The molecule has 0 saturated carbocycles. The summed E-state index contributed by atoms with van der Waals surface area (Å²) in [7, 11) is 0. The van der Waals surface area contributed by atoms with Gasteiger partial charge >= 0.3 is 5.97 Å². The van der Waals surface area contributed by atoms with E-state index in [9.17, 15) is 14.4 Å². The number of carboxylic acid groups (broad SMARTS) is 1. The summed E-state index contributed by atoms with van der Waals surface area (Å²) in [6, 6.07) is 28.4. The Bertz CT molecular complexity index is 1480. The van der Waals surface area contributed by atoms with E-state index in [2.05, 4.69) is 16.0 Å². The minimum Gasteiger partial charge on any atom is -0.481 e. The molecule has 0 fully saturated rings. The first-order chi connectivity index (χ1) is 19.3. The standard InChI is InChI=1S/C31H27Cl2N3O4/c32-23-10-15-26(27(33)19-23)21-6-11-25(12-7-21)36-31(40)28(18-20-4-2-1-3-5-20)35-24-13-8-22(9-14-24)30(39)34-17-16-29(37)38/h1-15,19,28,35H,16-18H2,(H,34,39)(H,36,40)(H,37,38)/t28-/m0/s1. The molecule has 0 spiro atoms. The van der Waals surface area contributed by atoms with Gasteiger partial charge in [0.25, 0.3) is 5.91 Å². The van der Waals surface area contributed by atoms with Crippen LogP contribution in [0.5, 0.6) is 0 Å². The number of hydrogen-bond donors (Lipinski definition) is 4. The van der Waals surface area contributed by atoms with Crippen molar-refractivity contribution in [2.45, 2.75) is 18.9 Å². The molecule has 9 heteroatoms. The van der Waals surface area contributed by atoms with Gasteiger partial charge in [-0.15, -0.1) is 0 Å². The van der Waals surface area contributed by atoms with Crippen LogP contribution in [0.4, 0.5) is 11.4 Å². The third-order valence-electron chi connectivity index (χ3n) is 6.11. The molecule has 204 valence electrons. The number of hydrogen-bond acceptors (Lipinski definition) is 4. The third-order valence-corrected chi connectivity index (χ3v) is 6.65. The van der Waals surface area contributed by atoms with Crippen molar-refractivity contribution in [1.29, 1.82) is 0 Å². The van der Waals surface area contributed by atoms with Crippen molar-refractivity contribution in [3.8, 4) is 11.1 Å². The number of halogens is 2. The second kappa shape index (κ2) is 13.6. The number of benzene rings is 4. The Morgan fingerprint density at radius 1 is 0.800 bits per heavy atom. The lowest BCUT2D eigenvalue weighted by Gasteiger charge is -2.20. The predicted octanol–water partition coefficient (Wildman–Crippen LogP) is 6.53. The molecule has 4 rings (SSSR count). The highest BCUT2D eigenvalue weighted by atomic mass is 35.5. The Morgan fingerprint density at radius 2 is 1.48 bits per heavy atom. The lowest BCUT2D eigenvalue weighted by atomic mass is 10.0. The maximum atomic E-state index is 13.4. The van der Waals surface area contributed by atoms with Crippen molar-refractivity contribution >= 4 is 52.4 Å². The Kier molecular flexibility index (Phi) is 9.78.